The fraction of sp³-hybridized carbons (Fsp3) is 0.500. The largest absolute Gasteiger partial charge is 0.274 e. The van der Waals surface area contributed by atoms with Crippen molar-refractivity contribution in [2.75, 3.05) is 0 Å². The van der Waals surface area contributed by atoms with Crippen molar-refractivity contribution in [2.45, 2.75) is 27.7 Å². The maximum atomic E-state index is 10.3. The van der Waals surface area contributed by atoms with Crippen molar-refractivity contribution >= 4 is 23.1 Å². The van der Waals surface area contributed by atoms with Gasteiger partial charge in [0.05, 0.1) is 0 Å². The summed E-state index contributed by atoms with van der Waals surface area (Å²) in [5.74, 6) is 0. The lowest BCUT2D eigenvalue weighted by Gasteiger charge is -1.87. The first-order chi connectivity index (χ1) is 5.22. The van der Waals surface area contributed by atoms with E-state index in [1.54, 1.807) is 19.9 Å². The molecule has 0 aliphatic rings. The Bertz CT molecular complexity index is 161. The van der Waals surface area contributed by atoms with Crippen molar-refractivity contribution in [2.24, 2.45) is 4.99 Å². The van der Waals surface area contributed by atoms with Gasteiger partial charge in [-0.05, 0) is 25.4 Å². The van der Waals surface area contributed by atoms with Gasteiger partial charge in [-0.1, -0.05) is 19.9 Å². The van der Waals surface area contributed by atoms with Gasteiger partial charge < -0.3 is 0 Å². The molecule has 11 heavy (non-hydrogen) atoms. The molecule has 0 saturated carbocycles. The molecule has 0 unspecified atom stereocenters. The Kier molecular flexibility index (Phi) is 11.1. The molecular formula is C8H14ClNO. The molecule has 64 valence electrons. The van der Waals surface area contributed by atoms with Gasteiger partial charge in [0.15, 0.2) is 0 Å². The Morgan fingerprint density at radius 1 is 1.36 bits per heavy atom. The van der Waals surface area contributed by atoms with E-state index in [1.165, 1.54) is 6.21 Å². The van der Waals surface area contributed by atoms with Crippen LogP contribution in [-0.2, 0) is 4.79 Å². The lowest BCUT2D eigenvalue weighted by molar-refractivity contribution is -0.108. The molecule has 0 saturated heterocycles. The normalized spacial score (nSPS) is 10.8. The zero-order chi connectivity index (χ0) is 9.28. The molecule has 0 N–H and O–H groups in total. The smallest absolute Gasteiger partial charge is 0.270 e. The zero-order valence-electron chi connectivity index (χ0n) is 7.39. The van der Waals surface area contributed by atoms with Crippen molar-refractivity contribution in [3.05, 3.63) is 11.8 Å². The van der Waals surface area contributed by atoms with Gasteiger partial charge in [-0.3, -0.25) is 9.79 Å². The van der Waals surface area contributed by atoms with Gasteiger partial charge in [0.1, 0.15) is 5.70 Å². The van der Waals surface area contributed by atoms with Crippen molar-refractivity contribution in [3.63, 3.8) is 0 Å². The van der Waals surface area contributed by atoms with Gasteiger partial charge in [-0.15, -0.1) is 0 Å². The van der Waals surface area contributed by atoms with Crippen molar-refractivity contribution < 1.29 is 4.79 Å². The molecule has 0 aromatic heterocycles. The minimum absolute atomic E-state index is 0.291. The molecule has 0 bridgehead atoms. The fourth-order valence-corrected chi connectivity index (χ4v) is 0.536. The van der Waals surface area contributed by atoms with E-state index in [-0.39, 0.29) is 0 Å². The van der Waals surface area contributed by atoms with Crippen LogP contribution >= 0.6 is 11.6 Å². The number of allylic oxidation sites excluding steroid dienone is 2. The molecule has 0 radical (unpaired) electrons. The van der Waals surface area contributed by atoms with E-state index in [2.05, 4.69) is 4.99 Å². The molecule has 2 nitrogen and oxygen atoms in total. The lowest BCUT2D eigenvalue weighted by atomic mass is 10.4. The molecule has 0 rings (SSSR count). The highest BCUT2D eigenvalue weighted by Gasteiger charge is 1.98. The van der Waals surface area contributed by atoms with Crippen LogP contribution in [0.5, 0.6) is 0 Å². The summed E-state index contributed by atoms with van der Waals surface area (Å²) in [7, 11) is 0. The second-order valence-corrected chi connectivity index (χ2v) is 1.68. The van der Waals surface area contributed by atoms with Crippen LogP contribution in [-0.4, -0.2) is 11.5 Å². The standard InChI is InChI=1S/C6H8ClNO.C2H6/c1-3-5(6(7)9)8-4-2;1-2/h3-4H,1-2H3;1-2H3/b5-3-,8-4?;. The predicted molar refractivity (Wildman–Crippen MR) is 50.1 cm³/mol. The number of aliphatic imine (C=N–C) groups is 1. The number of carbonyl (C=O) groups is 1. The maximum Gasteiger partial charge on any atom is 0.270 e. The minimum Gasteiger partial charge on any atom is -0.274 e. The van der Waals surface area contributed by atoms with Crippen LogP contribution in [0.25, 0.3) is 0 Å². The van der Waals surface area contributed by atoms with Crippen LogP contribution in [0.1, 0.15) is 27.7 Å². The number of nitrogens with zero attached hydrogens (tertiary/aromatic N) is 1. The van der Waals surface area contributed by atoms with Gasteiger partial charge in [0.25, 0.3) is 5.24 Å². The SMILES string of the molecule is CC.CC=N/C(=C\C)C(=O)Cl. The lowest BCUT2D eigenvalue weighted by Crippen LogP contribution is -1.88. The first-order valence-electron chi connectivity index (χ1n) is 3.57. The Labute approximate surface area is 73.0 Å². The van der Waals surface area contributed by atoms with E-state index >= 15 is 0 Å². The third-order valence-electron chi connectivity index (χ3n) is 0.743. The van der Waals surface area contributed by atoms with E-state index in [4.69, 9.17) is 11.6 Å². The van der Waals surface area contributed by atoms with E-state index in [9.17, 15) is 4.79 Å². The zero-order valence-corrected chi connectivity index (χ0v) is 8.14. The van der Waals surface area contributed by atoms with Crippen LogP contribution in [0.4, 0.5) is 0 Å². The molecule has 0 atom stereocenters. The summed E-state index contributed by atoms with van der Waals surface area (Å²) in [5, 5.41) is -0.518. The third kappa shape index (κ3) is 7.26. The van der Waals surface area contributed by atoms with Crippen LogP contribution < -0.4 is 0 Å². The van der Waals surface area contributed by atoms with Crippen LogP contribution in [0.15, 0.2) is 16.8 Å². The Balaban J connectivity index is 0. The second-order valence-electron chi connectivity index (χ2n) is 1.33. The van der Waals surface area contributed by atoms with Crippen LogP contribution in [0.2, 0.25) is 0 Å². The number of halogens is 1. The first kappa shape index (κ1) is 13.0. The van der Waals surface area contributed by atoms with Crippen LogP contribution in [0, 0.1) is 0 Å². The van der Waals surface area contributed by atoms with Gasteiger partial charge in [-0.2, -0.15) is 0 Å². The molecule has 0 fully saturated rings. The quantitative estimate of drug-likeness (QED) is 0.361. The minimum atomic E-state index is -0.518. The summed E-state index contributed by atoms with van der Waals surface area (Å²) in [6, 6.07) is 0. The topological polar surface area (TPSA) is 29.4 Å². The Morgan fingerprint density at radius 2 is 1.82 bits per heavy atom. The molecule has 3 heteroatoms. The molecule has 0 aliphatic heterocycles. The van der Waals surface area contributed by atoms with Crippen LogP contribution in [0.3, 0.4) is 0 Å². The van der Waals surface area contributed by atoms with E-state index in [0.29, 0.717) is 5.70 Å². The van der Waals surface area contributed by atoms with E-state index in [0.717, 1.165) is 0 Å². The van der Waals surface area contributed by atoms with E-state index < -0.39 is 5.24 Å². The van der Waals surface area contributed by atoms with E-state index in [1.807, 2.05) is 13.8 Å². The van der Waals surface area contributed by atoms with Crippen molar-refractivity contribution in [1.82, 2.24) is 0 Å². The third-order valence-corrected chi connectivity index (χ3v) is 0.937. The molecular weight excluding hydrogens is 162 g/mol. The summed E-state index contributed by atoms with van der Waals surface area (Å²) in [6.45, 7) is 7.44. The Hall–Kier alpha value is -0.630. The number of rotatable bonds is 2. The average molecular weight is 176 g/mol. The Morgan fingerprint density at radius 3 is 1.91 bits per heavy atom. The first-order valence-corrected chi connectivity index (χ1v) is 3.95. The summed E-state index contributed by atoms with van der Waals surface area (Å²) in [6.07, 6.45) is 3.09. The summed E-state index contributed by atoms with van der Waals surface area (Å²) < 4.78 is 0. The number of hydrogen-bond donors (Lipinski definition) is 0. The fourth-order valence-electron chi connectivity index (χ4n) is 0.378. The summed E-state index contributed by atoms with van der Waals surface area (Å²) in [5.41, 5.74) is 0.291. The van der Waals surface area contributed by atoms with Crippen molar-refractivity contribution in [3.8, 4) is 0 Å². The monoisotopic (exact) mass is 175 g/mol. The second kappa shape index (κ2) is 9.37. The van der Waals surface area contributed by atoms with Gasteiger partial charge in [0.2, 0.25) is 0 Å². The highest BCUT2D eigenvalue weighted by molar-refractivity contribution is 6.67. The number of carbonyl (C=O) groups excluding carboxylic acids is 1. The molecule has 0 aliphatic carbocycles. The molecule has 0 aromatic carbocycles. The average Bonchev–Trinajstić information content (AvgIpc) is 2.03. The number of hydrogen-bond acceptors (Lipinski definition) is 2. The van der Waals surface area contributed by atoms with Crippen molar-refractivity contribution in [1.29, 1.82) is 0 Å². The van der Waals surface area contributed by atoms with Gasteiger partial charge in [0, 0.05) is 6.21 Å². The maximum absolute atomic E-state index is 10.3. The molecule has 0 aromatic rings. The van der Waals surface area contributed by atoms with Gasteiger partial charge in [-0.25, -0.2) is 0 Å². The molecule has 0 amide bonds. The predicted octanol–water partition coefficient (Wildman–Crippen LogP) is 2.77. The molecule has 0 spiro atoms. The van der Waals surface area contributed by atoms with Gasteiger partial charge >= 0.3 is 0 Å². The summed E-state index contributed by atoms with van der Waals surface area (Å²) in [4.78, 5) is 14.0. The highest BCUT2D eigenvalue weighted by Crippen LogP contribution is 1.99. The highest BCUT2D eigenvalue weighted by atomic mass is 35.5. The summed E-state index contributed by atoms with van der Waals surface area (Å²) >= 11 is 5.10. The molecule has 0 heterocycles.